The fraction of sp³-hybridized carbons (Fsp3) is 0.300. The van der Waals surface area contributed by atoms with E-state index in [0.29, 0.717) is 21.0 Å². The molecule has 0 bridgehead atoms. The lowest BCUT2D eigenvalue weighted by molar-refractivity contribution is 0.0703. The number of aromatic nitrogens is 1. The molecule has 1 amide bonds. The molecule has 2 N–H and O–H groups in total. The molecule has 3 aromatic rings. The minimum absolute atomic E-state index is 0.0997. The predicted molar refractivity (Wildman–Crippen MR) is 128 cm³/mol. The summed E-state index contributed by atoms with van der Waals surface area (Å²) in [5.74, 6) is -0.0315. The van der Waals surface area contributed by atoms with Crippen molar-refractivity contribution >= 4 is 67.2 Å². The topological polar surface area (TPSA) is 101 Å². The van der Waals surface area contributed by atoms with Gasteiger partial charge < -0.3 is 14.8 Å². The molecule has 8 nitrogen and oxygen atoms in total. The Morgan fingerprint density at radius 1 is 1.16 bits per heavy atom. The number of aromatic amines is 1. The molecule has 0 spiro atoms. The number of halogens is 2. The number of nitrogens with zero attached hydrogens (tertiary/aromatic N) is 3. The summed E-state index contributed by atoms with van der Waals surface area (Å²) in [6.45, 7) is 0.846. The van der Waals surface area contributed by atoms with Gasteiger partial charge in [0.05, 0.1) is 5.02 Å². The molecule has 32 heavy (non-hydrogen) atoms. The summed E-state index contributed by atoms with van der Waals surface area (Å²) in [6.07, 6.45) is 0. The van der Waals surface area contributed by atoms with Crippen LogP contribution in [0.15, 0.2) is 34.7 Å². The summed E-state index contributed by atoms with van der Waals surface area (Å²) in [6, 6.07) is 6.71. The third-order valence-electron chi connectivity index (χ3n) is 5.33. The Bertz CT molecular complexity index is 1310. The van der Waals surface area contributed by atoms with Gasteiger partial charge in [0.25, 0.3) is 15.9 Å². The van der Waals surface area contributed by atoms with Crippen LogP contribution in [0, 0.1) is 5.41 Å². The van der Waals surface area contributed by atoms with Gasteiger partial charge in [0.2, 0.25) is 0 Å². The number of benzene rings is 1. The van der Waals surface area contributed by atoms with Crippen molar-refractivity contribution in [2.24, 2.45) is 0 Å². The van der Waals surface area contributed by atoms with Crippen LogP contribution in [0.1, 0.15) is 15.2 Å². The standard InChI is InChI=1S/C20H21Cl2N5O3S2/c1-25(2)19(23)14-11-31-18(17(14)22)20(28)26-5-7-27(8-6-26)32(29,30)16-10-12-9-13(21)3-4-15(12)24-16/h3-4,9-11,23-24H,5-8H2,1-2H3. The van der Waals surface area contributed by atoms with Crippen LogP contribution in [0.25, 0.3) is 10.9 Å². The fourth-order valence-corrected chi connectivity index (χ4v) is 6.47. The zero-order valence-corrected chi connectivity index (χ0v) is 20.5. The maximum absolute atomic E-state index is 13.1. The van der Waals surface area contributed by atoms with Crippen LogP contribution in [-0.2, 0) is 10.0 Å². The minimum atomic E-state index is -3.74. The number of H-pyrrole nitrogens is 1. The smallest absolute Gasteiger partial charge is 0.265 e. The number of hydrogen-bond acceptors (Lipinski definition) is 5. The molecule has 1 saturated heterocycles. The normalized spacial score (nSPS) is 15.3. The summed E-state index contributed by atoms with van der Waals surface area (Å²) in [5, 5.41) is 11.4. The van der Waals surface area contributed by atoms with E-state index in [-0.39, 0.29) is 48.0 Å². The highest BCUT2D eigenvalue weighted by molar-refractivity contribution is 7.89. The number of thiophene rings is 1. The number of rotatable bonds is 4. The highest BCUT2D eigenvalue weighted by atomic mass is 35.5. The van der Waals surface area contributed by atoms with Gasteiger partial charge in [-0.05, 0) is 24.3 Å². The van der Waals surface area contributed by atoms with Crippen molar-refractivity contribution in [3.05, 3.63) is 50.1 Å². The van der Waals surface area contributed by atoms with E-state index in [0.717, 1.165) is 5.39 Å². The predicted octanol–water partition coefficient (Wildman–Crippen LogP) is 3.57. The van der Waals surface area contributed by atoms with E-state index in [1.165, 1.54) is 15.6 Å². The highest BCUT2D eigenvalue weighted by Gasteiger charge is 2.33. The number of sulfonamides is 1. The molecule has 1 aromatic carbocycles. The van der Waals surface area contributed by atoms with Gasteiger partial charge in [-0.3, -0.25) is 10.2 Å². The lowest BCUT2D eigenvalue weighted by atomic mass is 10.2. The number of nitrogens with one attached hydrogen (secondary N) is 2. The first kappa shape index (κ1) is 23.1. The Balaban J connectivity index is 1.48. The van der Waals surface area contributed by atoms with Crippen LogP contribution in [-0.4, -0.2) is 79.5 Å². The van der Waals surface area contributed by atoms with E-state index in [9.17, 15) is 13.2 Å². The molecule has 0 atom stereocenters. The van der Waals surface area contributed by atoms with Gasteiger partial charge >= 0.3 is 0 Å². The Hall–Kier alpha value is -2.11. The van der Waals surface area contributed by atoms with Crippen LogP contribution in [0.2, 0.25) is 10.0 Å². The average molecular weight is 514 g/mol. The molecule has 12 heteroatoms. The largest absolute Gasteiger partial charge is 0.363 e. The van der Waals surface area contributed by atoms with Crippen molar-refractivity contribution < 1.29 is 13.2 Å². The lowest BCUT2D eigenvalue weighted by Gasteiger charge is -2.33. The van der Waals surface area contributed by atoms with Crippen LogP contribution in [0.4, 0.5) is 0 Å². The Morgan fingerprint density at radius 2 is 1.84 bits per heavy atom. The molecule has 3 heterocycles. The van der Waals surface area contributed by atoms with Gasteiger partial charge in [-0.15, -0.1) is 11.3 Å². The Kier molecular flexibility index (Phi) is 6.25. The number of fused-ring (bicyclic) bond motifs is 1. The summed E-state index contributed by atoms with van der Waals surface area (Å²) < 4.78 is 27.6. The monoisotopic (exact) mass is 513 g/mol. The second-order valence-corrected chi connectivity index (χ2v) is 11.2. The van der Waals surface area contributed by atoms with Crippen molar-refractivity contribution in [3.63, 3.8) is 0 Å². The van der Waals surface area contributed by atoms with Crippen molar-refractivity contribution in [2.45, 2.75) is 5.03 Å². The molecule has 0 aliphatic carbocycles. The second kappa shape index (κ2) is 8.68. The first-order valence-corrected chi connectivity index (χ1v) is 12.8. The van der Waals surface area contributed by atoms with Crippen molar-refractivity contribution in [2.75, 3.05) is 40.3 Å². The molecule has 170 valence electrons. The van der Waals surface area contributed by atoms with E-state index >= 15 is 0 Å². The van der Waals surface area contributed by atoms with Gasteiger partial charge in [-0.25, -0.2) is 8.42 Å². The molecule has 1 fully saturated rings. The summed E-state index contributed by atoms with van der Waals surface area (Å²) in [4.78, 5) is 19.5. The van der Waals surface area contributed by atoms with Crippen LogP contribution in [0.5, 0.6) is 0 Å². The number of carbonyl (C=O) groups is 1. The lowest BCUT2D eigenvalue weighted by Crippen LogP contribution is -2.50. The summed E-state index contributed by atoms with van der Waals surface area (Å²) in [5.41, 5.74) is 1.19. The highest BCUT2D eigenvalue weighted by Crippen LogP contribution is 2.31. The van der Waals surface area contributed by atoms with Crippen LogP contribution >= 0.6 is 34.5 Å². The van der Waals surface area contributed by atoms with Crippen LogP contribution < -0.4 is 0 Å². The Morgan fingerprint density at radius 3 is 2.50 bits per heavy atom. The molecule has 1 aliphatic heterocycles. The molecular formula is C20H21Cl2N5O3S2. The second-order valence-electron chi connectivity index (χ2n) is 7.60. The van der Waals surface area contributed by atoms with Crippen LogP contribution in [0.3, 0.4) is 0 Å². The van der Waals surface area contributed by atoms with Gasteiger partial charge in [0.15, 0.2) is 0 Å². The third-order valence-corrected chi connectivity index (χ3v) is 8.86. The van der Waals surface area contributed by atoms with Gasteiger partial charge in [0, 0.05) is 67.1 Å². The maximum Gasteiger partial charge on any atom is 0.265 e. The molecule has 4 rings (SSSR count). The molecular weight excluding hydrogens is 493 g/mol. The average Bonchev–Trinajstić information content (AvgIpc) is 3.36. The van der Waals surface area contributed by atoms with E-state index in [1.54, 1.807) is 53.5 Å². The van der Waals surface area contributed by atoms with Gasteiger partial charge in [-0.1, -0.05) is 23.2 Å². The van der Waals surface area contributed by atoms with Crippen molar-refractivity contribution in [1.29, 1.82) is 5.41 Å². The van der Waals surface area contributed by atoms with E-state index in [4.69, 9.17) is 28.6 Å². The molecule has 0 radical (unpaired) electrons. The molecule has 1 aliphatic rings. The number of amides is 1. The SMILES string of the molecule is CN(C)C(=N)c1csc(C(=O)N2CCN(S(=O)(=O)c3cc4cc(Cl)ccc4[nH]3)CC2)c1Cl. The molecule has 0 unspecified atom stereocenters. The van der Waals surface area contributed by atoms with Gasteiger partial charge in [-0.2, -0.15) is 4.31 Å². The van der Waals surface area contributed by atoms with Crippen molar-refractivity contribution in [1.82, 2.24) is 19.1 Å². The quantitative estimate of drug-likeness (QED) is 0.411. The maximum atomic E-state index is 13.1. The number of piperazine rings is 1. The van der Waals surface area contributed by atoms with E-state index < -0.39 is 10.0 Å². The first-order valence-electron chi connectivity index (χ1n) is 9.70. The Labute approximate surface area is 199 Å². The van der Waals surface area contributed by atoms with Gasteiger partial charge in [0.1, 0.15) is 15.7 Å². The van der Waals surface area contributed by atoms with Crippen molar-refractivity contribution in [3.8, 4) is 0 Å². The number of carbonyl (C=O) groups excluding carboxylic acids is 1. The van der Waals surface area contributed by atoms with E-state index in [1.807, 2.05) is 0 Å². The third kappa shape index (κ3) is 4.13. The zero-order chi connectivity index (χ0) is 23.2. The zero-order valence-electron chi connectivity index (χ0n) is 17.4. The molecule has 2 aromatic heterocycles. The first-order chi connectivity index (χ1) is 15.1. The van der Waals surface area contributed by atoms with E-state index in [2.05, 4.69) is 4.98 Å². The fourth-order valence-electron chi connectivity index (χ4n) is 3.52. The summed E-state index contributed by atoms with van der Waals surface area (Å²) in [7, 11) is -0.265. The molecule has 0 saturated carbocycles. The number of amidine groups is 1. The number of hydrogen-bond donors (Lipinski definition) is 2. The summed E-state index contributed by atoms with van der Waals surface area (Å²) >= 11 is 13.6. The minimum Gasteiger partial charge on any atom is -0.363 e.